The monoisotopic (exact) mass is 307 g/mol. The van der Waals surface area contributed by atoms with Crippen LogP contribution >= 0.6 is 0 Å². The van der Waals surface area contributed by atoms with Crippen LogP contribution in [0.1, 0.15) is 10.5 Å². The fourth-order valence-electron chi connectivity index (χ4n) is 1.86. The molecule has 0 unspecified atom stereocenters. The molecule has 0 atom stereocenters. The molecule has 0 spiro atoms. The number of nitrogens with zero attached hydrogens (tertiary/aromatic N) is 1. The molecule has 2 aromatic rings. The van der Waals surface area contributed by atoms with Crippen molar-refractivity contribution in [2.75, 3.05) is 0 Å². The Bertz CT molecular complexity index is 785. The van der Waals surface area contributed by atoms with E-state index >= 15 is 0 Å². The number of allylic oxidation sites excluding steroid dienone is 5. The van der Waals surface area contributed by atoms with Crippen LogP contribution in [-0.2, 0) is 0 Å². The van der Waals surface area contributed by atoms with E-state index in [0.717, 1.165) is 5.56 Å². The minimum Gasteiger partial charge on any atom is -0.457 e. The Morgan fingerprint density at radius 1 is 1.26 bits per heavy atom. The molecule has 1 aromatic heterocycles. The van der Waals surface area contributed by atoms with Crippen molar-refractivity contribution in [3.05, 3.63) is 85.3 Å². The highest BCUT2D eigenvalue weighted by atomic mass is 16.5. The summed E-state index contributed by atoms with van der Waals surface area (Å²) < 4.78 is 5.86. The van der Waals surface area contributed by atoms with Gasteiger partial charge in [0, 0.05) is 5.56 Å². The third kappa shape index (κ3) is 4.07. The van der Waals surface area contributed by atoms with E-state index in [4.69, 9.17) is 10.5 Å². The standard InChI is InChI=1S/C18H17N3O2/c1-3-5-6-9-13(4-2)23-17-11-8-7-10-14(17)15-12-16(18(19)22)21-20-15/h3-12H,1-2H2,(H2,19,22)(H,20,21)/b6-5-,13-9+. The molecule has 1 aromatic carbocycles. The van der Waals surface area contributed by atoms with Gasteiger partial charge in [0.2, 0.25) is 0 Å². The summed E-state index contributed by atoms with van der Waals surface area (Å²) in [5.74, 6) is 0.586. The van der Waals surface area contributed by atoms with E-state index in [9.17, 15) is 4.79 Å². The molecular weight excluding hydrogens is 290 g/mol. The first-order valence-corrected chi connectivity index (χ1v) is 6.90. The highest BCUT2D eigenvalue weighted by molar-refractivity contribution is 5.92. The van der Waals surface area contributed by atoms with Crippen LogP contribution in [0.4, 0.5) is 0 Å². The van der Waals surface area contributed by atoms with Crippen molar-refractivity contribution in [2.45, 2.75) is 0 Å². The highest BCUT2D eigenvalue weighted by Gasteiger charge is 2.12. The minimum absolute atomic E-state index is 0.170. The number of aromatic nitrogens is 2. The smallest absolute Gasteiger partial charge is 0.269 e. The SMILES string of the molecule is C=C/C=C\C=C(/C=C)Oc1ccccc1-c1cc(C(N)=O)n[nH]1. The molecule has 1 amide bonds. The summed E-state index contributed by atoms with van der Waals surface area (Å²) in [4.78, 5) is 11.2. The van der Waals surface area contributed by atoms with E-state index < -0.39 is 5.91 Å². The van der Waals surface area contributed by atoms with Crippen LogP contribution in [0, 0.1) is 0 Å². The zero-order valence-corrected chi connectivity index (χ0v) is 12.5. The lowest BCUT2D eigenvalue weighted by Crippen LogP contribution is -2.10. The fraction of sp³-hybridized carbons (Fsp3) is 0. The number of amides is 1. The molecule has 0 aliphatic heterocycles. The van der Waals surface area contributed by atoms with Crippen LogP contribution in [0.5, 0.6) is 5.75 Å². The second-order valence-corrected chi connectivity index (χ2v) is 4.52. The lowest BCUT2D eigenvalue weighted by atomic mass is 10.1. The van der Waals surface area contributed by atoms with E-state index in [1.165, 1.54) is 0 Å². The third-order valence-corrected chi connectivity index (χ3v) is 2.94. The molecule has 0 radical (unpaired) electrons. The first-order chi connectivity index (χ1) is 11.2. The number of hydrogen-bond donors (Lipinski definition) is 2. The first-order valence-electron chi connectivity index (χ1n) is 6.90. The van der Waals surface area contributed by atoms with E-state index in [2.05, 4.69) is 23.4 Å². The molecule has 116 valence electrons. The number of ether oxygens (including phenoxy) is 1. The number of para-hydroxylation sites is 1. The van der Waals surface area contributed by atoms with Gasteiger partial charge in [-0.1, -0.05) is 43.5 Å². The number of nitrogens with two attached hydrogens (primary N) is 1. The Kier molecular flexibility index (Phi) is 5.30. The Hall–Kier alpha value is -3.34. The van der Waals surface area contributed by atoms with Gasteiger partial charge in [0.1, 0.15) is 17.2 Å². The molecule has 0 aliphatic rings. The van der Waals surface area contributed by atoms with Crippen molar-refractivity contribution < 1.29 is 9.53 Å². The van der Waals surface area contributed by atoms with Crippen LogP contribution in [-0.4, -0.2) is 16.1 Å². The number of hydrogen-bond acceptors (Lipinski definition) is 3. The van der Waals surface area contributed by atoms with E-state index in [1.54, 1.807) is 36.4 Å². The summed E-state index contributed by atoms with van der Waals surface area (Å²) in [6.45, 7) is 7.34. The van der Waals surface area contributed by atoms with Crippen molar-refractivity contribution >= 4 is 5.91 Å². The van der Waals surface area contributed by atoms with Gasteiger partial charge in [-0.15, -0.1) is 0 Å². The van der Waals surface area contributed by atoms with Crippen molar-refractivity contribution in [2.24, 2.45) is 5.73 Å². The lowest BCUT2D eigenvalue weighted by molar-refractivity contribution is 0.0995. The summed E-state index contributed by atoms with van der Waals surface area (Å²) in [5, 5.41) is 6.67. The average molecular weight is 307 g/mol. The molecule has 0 aliphatic carbocycles. The molecule has 0 saturated heterocycles. The molecule has 2 rings (SSSR count). The molecule has 0 saturated carbocycles. The number of primary amides is 1. The number of H-pyrrole nitrogens is 1. The highest BCUT2D eigenvalue weighted by Crippen LogP contribution is 2.30. The normalized spacial score (nSPS) is 11.4. The largest absolute Gasteiger partial charge is 0.457 e. The Morgan fingerprint density at radius 2 is 2.04 bits per heavy atom. The average Bonchev–Trinajstić information content (AvgIpc) is 3.04. The quantitative estimate of drug-likeness (QED) is 0.608. The van der Waals surface area contributed by atoms with Gasteiger partial charge in [-0.2, -0.15) is 5.10 Å². The summed E-state index contributed by atoms with van der Waals surface area (Å²) in [5.41, 5.74) is 6.79. The zero-order valence-electron chi connectivity index (χ0n) is 12.5. The number of aromatic amines is 1. The number of benzene rings is 1. The fourth-order valence-corrected chi connectivity index (χ4v) is 1.86. The summed E-state index contributed by atoms with van der Waals surface area (Å²) in [6.07, 6.45) is 8.63. The van der Waals surface area contributed by atoms with Gasteiger partial charge in [-0.25, -0.2) is 0 Å². The maximum absolute atomic E-state index is 11.2. The Labute approximate surface area is 134 Å². The van der Waals surface area contributed by atoms with Gasteiger partial charge in [0.25, 0.3) is 5.91 Å². The number of nitrogens with one attached hydrogen (secondary N) is 1. The molecule has 3 N–H and O–H groups in total. The minimum atomic E-state index is -0.591. The van der Waals surface area contributed by atoms with Gasteiger partial charge in [-0.05, 0) is 30.4 Å². The predicted molar refractivity (Wildman–Crippen MR) is 90.8 cm³/mol. The maximum atomic E-state index is 11.2. The van der Waals surface area contributed by atoms with Crippen LogP contribution < -0.4 is 10.5 Å². The molecule has 5 nitrogen and oxygen atoms in total. The van der Waals surface area contributed by atoms with Gasteiger partial charge < -0.3 is 10.5 Å². The summed E-state index contributed by atoms with van der Waals surface area (Å²) in [7, 11) is 0. The topological polar surface area (TPSA) is 81.0 Å². The Balaban J connectivity index is 2.34. The molecule has 0 fully saturated rings. The van der Waals surface area contributed by atoms with Crippen LogP contribution in [0.2, 0.25) is 0 Å². The predicted octanol–water partition coefficient (Wildman–Crippen LogP) is 3.37. The van der Waals surface area contributed by atoms with Crippen LogP contribution in [0.3, 0.4) is 0 Å². The molecular formula is C18H17N3O2. The van der Waals surface area contributed by atoms with E-state index in [0.29, 0.717) is 17.2 Å². The third-order valence-electron chi connectivity index (χ3n) is 2.94. The van der Waals surface area contributed by atoms with Crippen molar-refractivity contribution in [3.8, 4) is 17.0 Å². The van der Waals surface area contributed by atoms with Crippen LogP contribution in [0.25, 0.3) is 11.3 Å². The maximum Gasteiger partial charge on any atom is 0.269 e. The number of rotatable bonds is 7. The summed E-state index contributed by atoms with van der Waals surface area (Å²) in [6, 6.07) is 8.97. The second-order valence-electron chi connectivity index (χ2n) is 4.52. The molecule has 1 heterocycles. The molecule has 23 heavy (non-hydrogen) atoms. The van der Waals surface area contributed by atoms with E-state index in [-0.39, 0.29) is 5.69 Å². The van der Waals surface area contributed by atoms with Gasteiger partial charge >= 0.3 is 0 Å². The first kappa shape index (κ1) is 16.0. The van der Waals surface area contributed by atoms with Crippen molar-refractivity contribution in [1.82, 2.24) is 10.2 Å². The zero-order chi connectivity index (χ0) is 16.7. The van der Waals surface area contributed by atoms with Gasteiger partial charge in [-0.3, -0.25) is 9.89 Å². The van der Waals surface area contributed by atoms with E-state index in [1.807, 2.05) is 24.3 Å². The summed E-state index contributed by atoms with van der Waals surface area (Å²) >= 11 is 0. The van der Waals surface area contributed by atoms with Crippen LogP contribution in [0.15, 0.2) is 79.6 Å². The molecule has 5 heteroatoms. The number of carbonyl (C=O) groups excluding carboxylic acids is 1. The lowest BCUT2D eigenvalue weighted by Gasteiger charge is -2.10. The number of carbonyl (C=O) groups is 1. The molecule has 0 bridgehead atoms. The second kappa shape index (κ2) is 7.61. The van der Waals surface area contributed by atoms with Crippen molar-refractivity contribution in [3.63, 3.8) is 0 Å². The van der Waals surface area contributed by atoms with Gasteiger partial charge in [0.05, 0.1) is 5.69 Å². The Morgan fingerprint density at radius 3 is 2.70 bits per heavy atom. The van der Waals surface area contributed by atoms with Crippen molar-refractivity contribution in [1.29, 1.82) is 0 Å². The van der Waals surface area contributed by atoms with Gasteiger partial charge in [0.15, 0.2) is 0 Å².